The van der Waals surface area contributed by atoms with E-state index in [1.54, 1.807) is 0 Å². The quantitative estimate of drug-likeness (QED) is 0.709. The van der Waals surface area contributed by atoms with E-state index >= 15 is 0 Å². The van der Waals surface area contributed by atoms with Crippen molar-refractivity contribution < 1.29 is 4.79 Å². The Kier molecular flexibility index (Phi) is 2.40. The highest BCUT2D eigenvalue weighted by Gasteiger charge is 2.38. The molecule has 14 heavy (non-hydrogen) atoms. The van der Waals surface area contributed by atoms with E-state index in [0.717, 1.165) is 24.6 Å². The molecule has 1 aromatic heterocycles. The third-order valence-corrected chi connectivity index (χ3v) is 2.74. The fourth-order valence-electron chi connectivity index (χ4n) is 1.42. The number of aromatic nitrogens is 4. The molecule has 0 spiro atoms. The van der Waals surface area contributed by atoms with Crippen LogP contribution < -0.4 is 5.73 Å². The lowest BCUT2D eigenvalue weighted by Gasteiger charge is -2.12. The lowest BCUT2D eigenvalue weighted by molar-refractivity contribution is -0.122. The number of rotatable bonds is 4. The third-order valence-electron chi connectivity index (χ3n) is 2.22. The van der Waals surface area contributed by atoms with Crippen molar-refractivity contribution in [2.24, 2.45) is 11.7 Å². The Morgan fingerprint density at radius 2 is 2.43 bits per heavy atom. The Labute approximate surface area is 85.2 Å². The van der Waals surface area contributed by atoms with Crippen LogP contribution in [-0.4, -0.2) is 26.1 Å². The SMILES string of the molecule is [CH2]Sc1nnnn1C(C(N)=O)C1CC1. The molecule has 1 unspecified atom stereocenters. The number of nitrogens with zero attached hydrogens (tertiary/aromatic N) is 4. The minimum Gasteiger partial charge on any atom is -0.368 e. The number of thioether (sulfide) groups is 1. The van der Waals surface area contributed by atoms with Crippen molar-refractivity contribution in [3.63, 3.8) is 0 Å². The summed E-state index contributed by atoms with van der Waals surface area (Å²) in [6, 6.07) is -0.408. The summed E-state index contributed by atoms with van der Waals surface area (Å²) in [7, 11) is 0. The number of tetrazole rings is 1. The zero-order valence-corrected chi connectivity index (χ0v) is 8.28. The average Bonchev–Trinajstić information content (AvgIpc) is 2.84. The van der Waals surface area contributed by atoms with E-state index in [1.165, 1.54) is 4.68 Å². The van der Waals surface area contributed by atoms with Crippen LogP contribution in [0, 0.1) is 12.2 Å². The minimum atomic E-state index is -0.408. The van der Waals surface area contributed by atoms with Gasteiger partial charge in [-0.3, -0.25) is 4.79 Å². The molecule has 0 bridgehead atoms. The number of amides is 1. The Bertz CT molecular complexity index is 348. The van der Waals surface area contributed by atoms with Gasteiger partial charge in [-0.25, -0.2) is 4.68 Å². The van der Waals surface area contributed by atoms with Gasteiger partial charge in [0.25, 0.3) is 0 Å². The van der Waals surface area contributed by atoms with Crippen LogP contribution in [0.5, 0.6) is 0 Å². The molecule has 1 saturated carbocycles. The maximum absolute atomic E-state index is 11.2. The van der Waals surface area contributed by atoms with Crippen LogP contribution in [0.25, 0.3) is 0 Å². The van der Waals surface area contributed by atoms with Crippen molar-refractivity contribution in [3.05, 3.63) is 6.26 Å². The Balaban J connectivity index is 2.29. The first-order valence-electron chi connectivity index (χ1n) is 4.23. The van der Waals surface area contributed by atoms with Crippen LogP contribution >= 0.6 is 11.8 Å². The molecular formula is C7H10N5OS. The number of primary amides is 1. The summed E-state index contributed by atoms with van der Waals surface area (Å²) in [6.07, 6.45) is 5.63. The molecule has 2 N–H and O–H groups in total. The third kappa shape index (κ3) is 1.59. The molecule has 1 aromatic rings. The molecule has 0 aromatic carbocycles. The van der Waals surface area contributed by atoms with E-state index in [0.29, 0.717) is 11.1 Å². The molecule has 7 heteroatoms. The van der Waals surface area contributed by atoms with Crippen molar-refractivity contribution in [3.8, 4) is 0 Å². The van der Waals surface area contributed by atoms with Gasteiger partial charge in [-0.05, 0) is 29.2 Å². The summed E-state index contributed by atoms with van der Waals surface area (Å²) in [4.78, 5) is 11.2. The zero-order chi connectivity index (χ0) is 10.1. The highest BCUT2D eigenvalue weighted by molar-refractivity contribution is 8.00. The number of nitrogens with two attached hydrogens (primary N) is 1. The van der Waals surface area contributed by atoms with Crippen LogP contribution in [0.1, 0.15) is 18.9 Å². The fourth-order valence-corrected chi connectivity index (χ4v) is 1.80. The second kappa shape index (κ2) is 3.56. The predicted octanol–water partition coefficient (Wildman–Crippen LogP) is -0.00681. The van der Waals surface area contributed by atoms with Crippen molar-refractivity contribution in [1.82, 2.24) is 20.2 Å². The zero-order valence-electron chi connectivity index (χ0n) is 7.46. The van der Waals surface area contributed by atoms with E-state index in [9.17, 15) is 4.79 Å². The van der Waals surface area contributed by atoms with Gasteiger partial charge in [0.1, 0.15) is 6.04 Å². The maximum Gasteiger partial charge on any atom is 0.242 e. The molecule has 1 fully saturated rings. The lowest BCUT2D eigenvalue weighted by Crippen LogP contribution is -2.29. The van der Waals surface area contributed by atoms with Gasteiger partial charge in [-0.2, -0.15) is 0 Å². The standard InChI is InChI=1S/C7H10N5OS/c1-14-7-9-10-11-12(7)5(6(8)13)4-2-3-4/h4-5H,1-3H2,(H2,8,13). The summed E-state index contributed by atoms with van der Waals surface area (Å²) in [5, 5.41) is 11.5. The second-order valence-electron chi connectivity index (χ2n) is 3.24. The summed E-state index contributed by atoms with van der Waals surface area (Å²) < 4.78 is 1.47. The minimum absolute atomic E-state index is 0.293. The van der Waals surface area contributed by atoms with Gasteiger partial charge in [-0.15, -0.1) is 5.10 Å². The smallest absolute Gasteiger partial charge is 0.242 e. The van der Waals surface area contributed by atoms with Crippen LogP contribution in [0.15, 0.2) is 5.16 Å². The van der Waals surface area contributed by atoms with E-state index in [4.69, 9.17) is 5.73 Å². The molecule has 0 aliphatic heterocycles. The van der Waals surface area contributed by atoms with Gasteiger partial charge >= 0.3 is 0 Å². The first-order valence-corrected chi connectivity index (χ1v) is 5.22. The first-order chi connectivity index (χ1) is 6.74. The normalized spacial score (nSPS) is 18.1. The van der Waals surface area contributed by atoms with Crippen LogP contribution in [0.2, 0.25) is 0 Å². The molecule has 1 aliphatic carbocycles. The Hall–Kier alpha value is -1.11. The molecule has 1 heterocycles. The van der Waals surface area contributed by atoms with E-state index in [-0.39, 0.29) is 5.91 Å². The monoisotopic (exact) mass is 212 g/mol. The van der Waals surface area contributed by atoms with E-state index in [2.05, 4.69) is 21.8 Å². The summed E-state index contributed by atoms with van der Waals surface area (Å²) in [5.74, 6) is -0.0861. The highest BCUT2D eigenvalue weighted by Crippen LogP contribution is 2.40. The van der Waals surface area contributed by atoms with Crippen LogP contribution in [0.3, 0.4) is 0 Å². The topological polar surface area (TPSA) is 86.7 Å². The van der Waals surface area contributed by atoms with E-state index in [1.807, 2.05) is 0 Å². The number of carbonyl (C=O) groups is 1. The average molecular weight is 212 g/mol. The molecule has 1 radical (unpaired) electrons. The van der Waals surface area contributed by atoms with Gasteiger partial charge in [0.15, 0.2) is 0 Å². The second-order valence-corrected chi connectivity index (χ2v) is 3.89. The highest BCUT2D eigenvalue weighted by atomic mass is 32.2. The molecular weight excluding hydrogens is 202 g/mol. The van der Waals surface area contributed by atoms with Gasteiger partial charge in [0.2, 0.25) is 11.1 Å². The van der Waals surface area contributed by atoms with E-state index < -0.39 is 6.04 Å². The van der Waals surface area contributed by atoms with Gasteiger partial charge in [0, 0.05) is 6.26 Å². The van der Waals surface area contributed by atoms with Gasteiger partial charge in [0.05, 0.1) is 0 Å². The summed E-state index contributed by atoms with van der Waals surface area (Å²) >= 11 is 1.16. The van der Waals surface area contributed by atoms with Crippen LogP contribution in [0.4, 0.5) is 0 Å². The molecule has 75 valence electrons. The Morgan fingerprint density at radius 3 is 2.93 bits per heavy atom. The number of hydrogen-bond donors (Lipinski definition) is 1. The molecule has 1 aliphatic rings. The summed E-state index contributed by atoms with van der Waals surface area (Å²) in [6.45, 7) is 0. The molecule has 0 saturated heterocycles. The lowest BCUT2D eigenvalue weighted by atomic mass is 10.2. The maximum atomic E-state index is 11.2. The first kappa shape index (κ1) is 9.45. The fraction of sp³-hybridized carbons (Fsp3) is 0.571. The van der Waals surface area contributed by atoms with Crippen molar-refractivity contribution in [1.29, 1.82) is 0 Å². The predicted molar refractivity (Wildman–Crippen MR) is 50.0 cm³/mol. The summed E-state index contributed by atoms with van der Waals surface area (Å²) in [5.41, 5.74) is 5.31. The van der Waals surface area contributed by atoms with Gasteiger partial charge in [-0.1, -0.05) is 11.8 Å². The van der Waals surface area contributed by atoms with Crippen molar-refractivity contribution in [2.45, 2.75) is 24.0 Å². The molecule has 1 atom stereocenters. The molecule has 6 nitrogen and oxygen atoms in total. The number of carbonyl (C=O) groups excluding carboxylic acids is 1. The van der Waals surface area contributed by atoms with Crippen LogP contribution in [-0.2, 0) is 4.79 Å². The largest absolute Gasteiger partial charge is 0.368 e. The van der Waals surface area contributed by atoms with Crippen molar-refractivity contribution in [2.75, 3.05) is 0 Å². The molecule has 2 rings (SSSR count). The molecule has 1 amide bonds. The van der Waals surface area contributed by atoms with Gasteiger partial charge < -0.3 is 5.73 Å². The Morgan fingerprint density at radius 1 is 1.71 bits per heavy atom. The van der Waals surface area contributed by atoms with Crippen molar-refractivity contribution >= 4 is 17.7 Å². The number of hydrogen-bond acceptors (Lipinski definition) is 5.